The number of thiophene rings is 1. The van der Waals surface area contributed by atoms with Gasteiger partial charge in [-0.3, -0.25) is 0 Å². The number of rotatable bonds is 4. The lowest BCUT2D eigenvalue weighted by Crippen LogP contribution is -2.27. The molecule has 0 unspecified atom stereocenters. The fourth-order valence-electron chi connectivity index (χ4n) is 2.96. The first-order valence-electron chi connectivity index (χ1n) is 7.94. The normalized spacial score (nSPS) is 16.0. The van der Waals surface area contributed by atoms with Gasteiger partial charge in [-0.1, -0.05) is 0 Å². The summed E-state index contributed by atoms with van der Waals surface area (Å²) in [6.45, 7) is 7.26. The molecule has 0 atom stereocenters. The first-order valence-corrected chi connectivity index (χ1v) is 8.82. The van der Waals surface area contributed by atoms with Gasteiger partial charge in [0.15, 0.2) is 0 Å². The van der Waals surface area contributed by atoms with E-state index in [2.05, 4.69) is 46.7 Å². The van der Waals surface area contributed by atoms with Crippen molar-refractivity contribution in [3.05, 3.63) is 39.5 Å². The number of aryl methyl sites for hydroxylation is 2. The van der Waals surface area contributed by atoms with Crippen molar-refractivity contribution in [2.45, 2.75) is 39.2 Å². The van der Waals surface area contributed by atoms with E-state index in [1.807, 2.05) is 18.3 Å². The summed E-state index contributed by atoms with van der Waals surface area (Å²) in [5.74, 6) is 2.48. The first-order chi connectivity index (χ1) is 10.6. The van der Waals surface area contributed by atoms with E-state index in [1.165, 1.54) is 29.0 Å². The van der Waals surface area contributed by atoms with Gasteiger partial charge in [0.1, 0.15) is 11.6 Å². The van der Waals surface area contributed by atoms with E-state index in [9.17, 15) is 0 Å². The lowest BCUT2D eigenvalue weighted by molar-refractivity contribution is 0.452. The summed E-state index contributed by atoms with van der Waals surface area (Å²) in [6, 6.07) is 4.37. The average molecular weight is 316 g/mol. The maximum Gasteiger partial charge on any atom is 0.132 e. The molecule has 1 fully saturated rings. The third-order valence-corrected chi connectivity index (χ3v) is 5.35. The number of aromatic nitrogens is 2. The smallest absolute Gasteiger partial charge is 0.132 e. The van der Waals surface area contributed by atoms with Gasteiger partial charge in [-0.05, 0) is 56.8 Å². The van der Waals surface area contributed by atoms with Crippen molar-refractivity contribution in [3.63, 3.8) is 0 Å². The number of hydrogen-bond acceptors (Lipinski definition) is 5. The fourth-order valence-corrected chi connectivity index (χ4v) is 3.92. The lowest BCUT2D eigenvalue weighted by Gasteiger charge is -2.24. The zero-order valence-corrected chi connectivity index (χ0v) is 14.4. The molecular weight excluding hydrogens is 292 g/mol. The highest BCUT2D eigenvalue weighted by Gasteiger charge is 2.18. The molecule has 5 heteroatoms. The summed E-state index contributed by atoms with van der Waals surface area (Å²) < 4.78 is 0. The van der Waals surface area contributed by atoms with Crippen LogP contribution in [0.1, 0.15) is 40.7 Å². The molecule has 0 saturated carbocycles. The predicted molar refractivity (Wildman–Crippen MR) is 92.8 cm³/mol. The van der Waals surface area contributed by atoms with Crippen molar-refractivity contribution < 1.29 is 0 Å². The molecule has 22 heavy (non-hydrogen) atoms. The molecule has 2 aromatic heterocycles. The molecule has 3 rings (SSSR count). The Morgan fingerprint density at radius 2 is 2.05 bits per heavy atom. The van der Waals surface area contributed by atoms with Crippen LogP contribution in [0.3, 0.4) is 0 Å². The van der Waals surface area contributed by atoms with Crippen LogP contribution >= 0.6 is 11.3 Å². The Morgan fingerprint density at radius 3 is 2.73 bits per heavy atom. The highest BCUT2D eigenvalue weighted by molar-refractivity contribution is 7.10. The van der Waals surface area contributed by atoms with E-state index < -0.39 is 0 Å². The van der Waals surface area contributed by atoms with Crippen molar-refractivity contribution in [1.82, 2.24) is 15.3 Å². The standard InChI is InChI=1S/C17H24N4S/c1-12-6-9-22-16(12)11-21(3)17-10-15(19-13(2)20-17)14-4-7-18-8-5-14/h6,9-10,14,18H,4-5,7-8,11H2,1-3H3. The van der Waals surface area contributed by atoms with E-state index >= 15 is 0 Å². The molecule has 1 saturated heterocycles. The SMILES string of the molecule is Cc1nc(C2CCNCC2)cc(N(C)Cc2sccc2C)n1. The summed E-state index contributed by atoms with van der Waals surface area (Å²) in [5, 5.41) is 5.58. The molecule has 0 radical (unpaired) electrons. The Labute approximate surface area is 136 Å². The first kappa shape index (κ1) is 15.4. The lowest BCUT2D eigenvalue weighted by atomic mass is 9.94. The fraction of sp³-hybridized carbons (Fsp3) is 0.529. The molecule has 0 aliphatic carbocycles. The second kappa shape index (κ2) is 6.75. The van der Waals surface area contributed by atoms with E-state index in [0.29, 0.717) is 5.92 Å². The maximum absolute atomic E-state index is 4.69. The quantitative estimate of drug-likeness (QED) is 0.940. The third-order valence-electron chi connectivity index (χ3n) is 4.34. The number of nitrogens with one attached hydrogen (secondary N) is 1. The molecule has 1 N–H and O–H groups in total. The topological polar surface area (TPSA) is 41.1 Å². The minimum atomic E-state index is 0.568. The molecule has 1 aliphatic rings. The number of nitrogens with zero attached hydrogens (tertiary/aromatic N) is 3. The molecule has 118 valence electrons. The zero-order valence-electron chi connectivity index (χ0n) is 13.6. The molecule has 0 spiro atoms. The van der Waals surface area contributed by atoms with Crippen molar-refractivity contribution in [1.29, 1.82) is 0 Å². The van der Waals surface area contributed by atoms with Crippen molar-refractivity contribution >= 4 is 17.2 Å². The van der Waals surface area contributed by atoms with E-state index in [-0.39, 0.29) is 0 Å². The predicted octanol–water partition coefficient (Wildman–Crippen LogP) is 3.26. The highest BCUT2D eigenvalue weighted by Crippen LogP contribution is 2.27. The molecular formula is C17H24N4S. The summed E-state index contributed by atoms with van der Waals surface area (Å²) in [4.78, 5) is 13.0. The summed E-state index contributed by atoms with van der Waals surface area (Å²) in [5.41, 5.74) is 2.57. The molecule has 3 heterocycles. The van der Waals surface area contributed by atoms with Crippen molar-refractivity contribution in [3.8, 4) is 0 Å². The van der Waals surface area contributed by atoms with Crippen LogP contribution in [0.5, 0.6) is 0 Å². The molecule has 0 amide bonds. The second-order valence-electron chi connectivity index (χ2n) is 6.11. The van der Waals surface area contributed by atoms with Crippen LogP contribution in [0, 0.1) is 13.8 Å². The maximum atomic E-state index is 4.69. The van der Waals surface area contributed by atoms with Gasteiger partial charge in [-0.25, -0.2) is 9.97 Å². The number of anilines is 1. The number of hydrogen-bond donors (Lipinski definition) is 1. The highest BCUT2D eigenvalue weighted by atomic mass is 32.1. The summed E-state index contributed by atoms with van der Waals surface area (Å²) in [7, 11) is 2.12. The Kier molecular flexibility index (Phi) is 4.74. The minimum Gasteiger partial charge on any atom is -0.354 e. The Hall–Kier alpha value is -1.46. The molecule has 0 aromatic carbocycles. The zero-order chi connectivity index (χ0) is 15.5. The van der Waals surface area contributed by atoms with Crippen LogP contribution in [0.4, 0.5) is 5.82 Å². The number of piperidine rings is 1. The van der Waals surface area contributed by atoms with Gasteiger partial charge in [0.05, 0.1) is 6.54 Å². The van der Waals surface area contributed by atoms with Crippen LogP contribution in [-0.2, 0) is 6.54 Å². The van der Waals surface area contributed by atoms with Crippen LogP contribution < -0.4 is 10.2 Å². The largest absolute Gasteiger partial charge is 0.354 e. The second-order valence-corrected chi connectivity index (χ2v) is 7.11. The van der Waals surface area contributed by atoms with Gasteiger partial charge in [-0.15, -0.1) is 11.3 Å². The molecule has 0 bridgehead atoms. The van der Waals surface area contributed by atoms with Gasteiger partial charge in [0.25, 0.3) is 0 Å². The van der Waals surface area contributed by atoms with Crippen molar-refractivity contribution in [2.24, 2.45) is 0 Å². The van der Waals surface area contributed by atoms with E-state index in [1.54, 1.807) is 0 Å². The van der Waals surface area contributed by atoms with Crippen LogP contribution in [0.15, 0.2) is 17.5 Å². The van der Waals surface area contributed by atoms with Gasteiger partial charge in [0, 0.05) is 29.6 Å². The van der Waals surface area contributed by atoms with Gasteiger partial charge in [0.2, 0.25) is 0 Å². The van der Waals surface area contributed by atoms with Crippen LogP contribution in [0.2, 0.25) is 0 Å². The van der Waals surface area contributed by atoms with Crippen LogP contribution in [-0.4, -0.2) is 30.1 Å². The van der Waals surface area contributed by atoms with E-state index in [4.69, 9.17) is 4.98 Å². The Bertz CT molecular complexity index is 631. The van der Waals surface area contributed by atoms with Crippen molar-refractivity contribution in [2.75, 3.05) is 25.0 Å². The molecule has 2 aromatic rings. The summed E-state index contributed by atoms with van der Waals surface area (Å²) in [6.07, 6.45) is 2.34. The summed E-state index contributed by atoms with van der Waals surface area (Å²) >= 11 is 1.82. The molecule has 4 nitrogen and oxygen atoms in total. The van der Waals surface area contributed by atoms with E-state index in [0.717, 1.165) is 31.3 Å². The minimum absolute atomic E-state index is 0.568. The van der Waals surface area contributed by atoms with Gasteiger partial charge in [-0.2, -0.15) is 0 Å². The monoisotopic (exact) mass is 316 g/mol. The third kappa shape index (κ3) is 3.47. The van der Waals surface area contributed by atoms with Crippen LogP contribution in [0.25, 0.3) is 0 Å². The van der Waals surface area contributed by atoms with Gasteiger partial charge >= 0.3 is 0 Å². The molecule has 1 aliphatic heterocycles. The Morgan fingerprint density at radius 1 is 1.27 bits per heavy atom. The Balaban J connectivity index is 1.80. The average Bonchev–Trinajstić information content (AvgIpc) is 2.92. The van der Waals surface area contributed by atoms with Gasteiger partial charge < -0.3 is 10.2 Å².